The van der Waals surface area contributed by atoms with Crippen molar-refractivity contribution < 1.29 is 68.9 Å². The highest BCUT2D eigenvalue weighted by molar-refractivity contribution is 7.88. The number of phenolic OH excluding ortho intramolecular Hbond substituents is 1. The van der Waals surface area contributed by atoms with E-state index >= 15 is 0 Å². The van der Waals surface area contributed by atoms with Gasteiger partial charge in [-0.05, 0) is 95.5 Å². The maximum atomic E-state index is 13.0. The molecule has 338 valence electrons. The van der Waals surface area contributed by atoms with Gasteiger partial charge in [0.2, 0.25) is 34.2 Å². The van der Waals surface area contributed by atoms with Gasteiger partial charge in [0.25, 0.3) is 0 Å². The highest BCUT2D eigenvalue weighted by Crippen LogP contribution is 2.52. The lowest BCUT2D eigenvalue weighted by Gasteiger charge is -2.20. The van der Waals surface area contributed by atoms with Crippen molar-refractivity contribution in [3.8, 4) is 68.2 Å². The molecule has 0 fully saturated rings. The molecule has 2 aliphatic rings. The van der Waals surface area contributed by atoms with Gasteiger partial charge in [-0.3, -0.25) is 19.2 Å². The molecule has 2 atom stereocenters. The van der Waals surface area contributed by atoms with Crippen LogP contribution in [0.25, 0.3) is 22.3 Å². The third kappa shape index (κ3) is 9.69. The number of nitrogens with one attached hydrogen (secondary N) is 2. The van der Waals surface area contributed by atoms with E-state index in [0.717, 1.165) is 24.3 Å². The number of halogens is 3. The zero-order valence-corrected chi connectivity index (χ0v) is 36.2. The van der Waals surface area contributed by atoms with Crippen LogP contribution in [0.3, 0.4) is 0 Å². The zero-order valence-electron chi connectivity index (χ0n) is 35.4. The number of methoxy groups -OCH3 is 6. The van der Waals surface area contributed by atoms with E-state index in [1.54, 1.807) is 24.3 Å². The summed E-state index contributed by atoms with van der Waals surface area (Å²) in [4.78, 5) is 48.9. The van der Waals surface area contributed by atoms with Crippen molar-refractivity contribution in [3.63, 3.8) is 0 Å². The molecule has 0 unspecified atom stereocenters. The lowest BCUT2D eigenvalue weighted by molar-refractivity contribution is -0.120. The van der Waals surface area contributed by atoms with E-state index in [-0.39, 0.29) is 64.9 Å². The summed E-state index contributed by atoms with van der Waals surface area (Å²) in [6.07, 6.45) is 1.51. The predicted molar refractivity (Wildman–Crippen MR) is 223 cm³/mol. The lowest BCUT2D eigenvalue weighted by atomic mass is 9.95. The minimum atomic E-state index is -6.01. The molecule has 0 saturated carbocycles. The predicted octanol–water partition coefficient (Wildman–Crippen LogP) is 5.66. The number of carbonyl (C=O) groups excluding carboxylic acids is 2. The number of rotatable bonds is 10. The number of fused-ring (bicyclic) bond motifs is 6. The van der Waals surface area contributed by atoms with Crippen molar-refractivity contribution in [2.45, 2.75) is 57.1 Å². The number of hydrogen-bond acceptors (Lipinski definition) is 14. The summed E-state index contributed by atoms with van der Waals surface area (Å²) < 4.78 is 98.7. The SMILES string of the molecule is COc1c(O)cc2c(c1OC)-c1ccc(OC)c(=O)cc1[C@@H](NC(C)=O)CC2.COc1c(OS(=O)(=O)C(F)(F)F)cc2c(c1OC)-c1ccc(OC)c(=O)cc1[C@@H](NC(C)=O)CC2. The van der Waals surface area contributed by atoms with E-state index in [2.05, 4.69) is 14.8 Å². The van der Waals surface area contributed by atoms with Gasteiger partial charge in [-0.2, -0.15) is 21.6 Å². The van der Waals surface area contributed by atoms with Crippen LogP contribution in [0, 0.1) is 0 Å². The van der Waals surface area contributed by atoms with Crippen LogP contribution < -0.4 is 54.1 Å². The van der Waals surface area contributed by atoms with Gasteiger partial charge < -0.3 is 48.3 Å². The second-order valence-corrected chi connectivity index (χ2v) is 15.6. The molecular formula is C43H45F3N2O14S. The molecule has 2 amide bonds. The van der Waals surface area contributed by atoms with Gasteiger partial charge in [0.1, 0.15) is 0 Å². The maximum absolute atomic E-state index is 13.0. The van der Waals surface area contributed by atoms with Crippen molar-refractivity contribution in [2.24, 2.45) is 0 Å². The van der Waals surface area contributed by atoms with Crippen LogP contribution in [0.2, 0.25) is 0 Å². The minimum Gasteiger partial charge on any atom is -0.504 e. The fourth-order valence-electron chi connectivity index (χ4n) is 7.66. The monoisotopic (exact) mass is 902 g/mol. The van der Waals surface area contributed by atoms with Crippen LogP contribution in [-0.4, -0.2) is 73.5 Å². The fourth-order valence-corrected chi connectivity index (χ4v) is 8.12. The molecular weight excluding hydrogens is 858 g/mol. The number of ether oxygens (including phenoxy) is 6. The minimum absolute atomic E-state index is 0.0170. The van der Waals surface area contributed by atoms with E-state index in [1.807, 2.05) is 0 Å². The molecule has 0 bridgehead atoms. The Balaban J connectivity index is 0.000000243. The second-order valence-electron chi connectivity index (χ2n) is 14.1. The molecule has 63 heavy (non-hydrogen) atoms. The highest BCUT2D eigenvalue weighted by atomic mass is 32.2. The van der Waals surface area contributed by atoms with Gasteiger partial charge in [-0.1, -0.05) is 12.1 Å². The second kappa shape index (κ2) is 19.1. The first kappa shape index (κ1) is 47.4. The Morgan fingerprint density at radius 2 is 1.03 bits per heavy atom. The molecule has 20 heteroatoms. The smallest absolute Gasteiger partial charge is 0.504 e. The van der Waals surface area contributed by atoms with Crippen LogP contribution in [0.1, 0.15) is 61.0 Å². The number of carbonyl (C=O) groups is 2. The number of benzene rings is 2. The van der Waals surface area contributed by atoms with Gasteiger partial charge in [0.05, 0.1) is 54.7 Å². The van der Waals surface area contributed by atoms with E-state index < -0.39 is 38.6 Å². The Bertz CT molecular complexity index is 2680. The van der Waals surface area contributed by atoms with Gasteiger partial charge in [-0.15, -0.1) is 0 Å². The van der Waals surface area contributed by atoms with Crippen molar-refractivity contribution >= 4 is 21.9 Å². The molecule has 0 aliphatic heterocycles. The standard InChI is InChI=1S/C22H22F3NO8S.C21H23NO6/c1-11(27)26-15-7-5-12-9-18(34-35(29,30)22(23,24)25)20(32-3)21(33-4)19(12)13-6-8-17(31-2)16(28)10-14(13)15;1-11(23)22-15-7-5-12-9-17(25)20(27-3)21(28-4)19(12)13-6-8-18(26-2)16(24)10-14(13)15/h6,8-10,15H,5,7H2,1-4H3,(H,26,27);6,8-10,15,25H,5,7H2,1-4H3,(H,22,23)/t2*15-/m00/s1. The quantitative estimate of drug-likeness (QED) is 0.130. The molecule has 4 aromatic carbocycles. The average molecular weight is 903 g/mol. The third-order valence-electron chi connectivity index (χ3n) is 10.3. The van der Waals surface area contributed by atoms with Crippen molar-refractivity contribution in [3.05, 3.63) is 91.2 Å². The van der Waals surface area contributed by atoms with E-state index in [4.69, 9.17) is 28.4 Å². The first-order chi connectivity index (χ1) is 29.7. The largest absolute Gasteiger partial charge is 0.534 e. The van der Waals surface area contributed by atoms with Gasteiger partial charge >= 0.3 is 15.6 Å². The van der Waals surface area contributed by atoms with Crippen molar-refractivity contribution in [1.82, 2.24) is 10.6 Å². The topological polar surface area (TPSA) is 211 Å². The molecule has 0 aromatic heterocycles. The van der Waals surface area contributed by atoms with Gasteiger partial charge in [0, 0.05) is 25.0 Å². The van der Waals surface area contributed by atoms with Crippen LogP contribution in [0.15, 0.2) is 58.1 Å². The maximum Gasteiger partial charge on any atom is 0.534 e. The number of alkyl halides is 3. The van der Waals surface area contributed by atoms with Gasteiger partial charge in [0.15, 0.2) is 34.5 Å². The number of aryl methyl sites for hydroxylation is 2. The molecule has 6 rings (SSSR count). The highest BCUT2D eigenvalue weighted by Gasteiger charge is 2.49. The summed E-state index contributed by atoms with van der Waals surface area (Å²) in [5.74, 6) is -1.02. The Morgan fingerprint density at radius 3 is 1.41 bits per heavy atom. The lowest BCUT2D eigenvalue weighted by Crippen LogP contribution is -2.28. The first-order valence-corrected chi connectivity index (χ1v) is 20.4. The van der Waals surface area contributed by atoms with E-state index in [9.17, 15) is 45.9 Å². The number of hydrogen-bond donors (Lipinski definition) is 3. The Kier molecular flexibility index (Phi) is 14.4. The van der Waals surface area contributed by atoms with Crippen LogP contribution in [-0.2, 0) is 32.5 Å². The number of phenols is 1. The first-order valence-electron chi connectivity index (χ1n) is 19.0. The molecule has 0 spiro atoms. The van der Waals surface area contributed by atoms with E-state index in [1.165, 1.54) is 67.6 Å². The van der Waals surface area contributed by atoms with Crippen LogP contribution in [0.5, 0.6) is 46.0 Å². The fraction of sp³-hybridized carbons (Fsp3) is 0.349. The summed E-state index contributed by atoms with van der Waals surface area (Å²) in [7, 11) is 2.02. The summed E-state index contributed by atoms with van der Waals surface area (Å²) in [6, 6.07) is 10.8. The summed E-state index contributed by atoms with van der Waals surface area (Å²) in [5.41, 5.74) is -2.00. The summed E-state index contributed by atoms with van der Waals surface area (Å²) in [6.45, 7) is 2.74. The molecule has 2 aliphatic carbocycles. The molecule has 4 aromatic rings. The molecule has 0 heterocycles. The van der Waals surface area contributed by atoms with E-state index in [0.29, 0.717) is 52.0 Å². The normalized spacial score (nSPS) is 15.1. The third-order valence-corrected chi connectivity index (χ3v) is 11.2. The van der Waals surface area contributed by atoms with Crippen molar-refractivity contribution in [2.75, 3.05) is 42.7 Å². The number of aromatic hydroxyl groups is 1. The molecule has 0 radical (unpaired) electrons. The summed E-state index contributed by atoms with van der Waals surface area (Å²) >= 11 is 0. The Labute approximate surface area is 359 Å². The van der Waals surface area contributed by atoms with Crippen LogP contribution in [0.4, 0.5) is 13.2 Å². The molecule has 0 saturated heterocycles. The average Bonchev–Trinajstić information content (AvgIpc) is 3.61. The molecule has 3 N–H and O–H groups in total. The Morgan fingerprint density at radius 1 is 0.619 bits per heavy atom. The summed E-state index contributed by atoms with van der Waals surface area (Å²) in [5, 5.41) is 16.0. The van der Waals surface area contributed by atoms with Crippen LogP contribution >= 0.6 is 0 Å². The zero-order chi connectivity index (χ0) is 46.6. The Hall–Kier alpha value is -6.70. The molecule has 16 nitrogen and oxygen atoms in total. The number of amides is 2. The van der Waals surface area contributed by atoms with Gasteiger partial charge in [-0.25, -0.2) is 0 Å². The van der Waals surface area contributed by atoms with Crippen molar-refractivity contribution in [1.29, 1.82) is 0 Å².